The first-order valence-corrected chi connectivity index (χ1v) is 47.6. The van der Waals surface area contributed by atoms with Crippen LogP contribution in [0.1, 0.15) is 425 Å². The molecule has 15 heteroatoms. The number of rotatable bonds is 39. The molecule has 0 spiro atoms. The minimum atomic E-state index is 0.136. The second kappa shape index (κ2) is 75.0. The lowest BCUT2D eigenvalue weighted by molar-refractivity contribution is -0.135. The van der Waals surface area contributed by atoms with Crippen LogP contribution in [0.3, 0.4) is 0 Å². The minimum absolute atomic E-state index is 0.136. The number of carbonyl (C=O) groups excluding carboxylic acids is 10. The van der Waals surface area contributed by atoms with Crippen molar-refractivity contribution in [1.29, 1.82) is 0 Å². The average Bonchev–Trinajstić information content (AvgIpc) is 1.71. The first-order valence-electron chi connectivity index (χ1n) is 47.6. The summed E-state index contributed by atoms with van der Waals surface area (Å²) in [4.78, 5) is 123. The van der Waals surface area contributed by atoms with Crippen LogP contribution in [0.15, 0.2) is 0 Å². The van der Waals surface area contributed by atoms with Crippen LogP contribution in [-0.2, 0) is 47.9 Å². The molecule has 0 bridgehead atoms. The van der Waals surface area contributed by atoms with Crippen molar-refractivity contribution in [2.24, 2.45) is 88.8 Å². The van der Waals surface area contributed by atoms with Gasteiger partial charge in [-0.2, -0.15) is 0 Å². The van der Waals surface area contributed by atoms with Crippen LogP contribution in [0, 0.1) is 88.8 Å². The van der Waals surface area contributed by atoms with Crippen LogP contribution < -0.4 is 0 Å². The Hall–Kier alpha value is -4.30. The van der Waals surface area contributed by atoms with Crippen LogP contribution in [0.4, 0.5) is 0 Å². The van der Waals surface area contributed by atoms with E-state index in [2.05, 4.69) is 34.6 Å². The van der Waals surface area contributed by atoms with E-state index in [0.29, 0.717) is 46.7 Å². The van der Waals surface area contributed by atoms with Crippen LogP contribution in [0.2, 0.25) is 0 Å². The van der Waals surface area contributed by atoms with Gasteiger partial charge in [0.1, 0.15) is 28.9 Å². The molecule has 0 aliphatic heterocycles. The third kappa shape index (κ3) is 66.6. The zero-order valence-corrected chi connectivity index (χ0v) is 81.1. The smallest absolute Gasteiger partial charge is 0.225 e. The van der Waals surface area contributed by atoms with E-state index in [-0.39, 0.29) is 82.8 Å². The summed E-state index contributed by atoms with van der Waals surface area (Å²) in [5, 5.41) is 0. The number of amides is 5. The van der Waals surface area contributed by atoms with Crippen molar-refractivity contribution in [2.45, 2.75) is 425 Å². The molecule has 5 aliphatic carbocycles. The predicted octanol–water partition coefficient (Wildman–Crippen LogP) is 25.0. The van der Waals surface area contributed by atoms with E-state index < -0.39 is 0 Å². The summed E-state index contributed by atoms with van der Waals surface area (Å²) in [6.45, 7) is 63.4. The molecule has 0 unspecified atom stereocenters. The van der Waals surface area contributed by atoms with E-state index >= 15 is 0 Å². The molecular weight excluding hydrogens is 1420 g/mol. The number of Topliss-reactive ketones (excluding diaryl/α,β-unsaturated/α-hetero) is 5. The van der Waals surface area contributed by atoms with Crippen molar-refractivity contribution in [3.63, 3.8) is 0 Å². The largest absolute Gasteiger partial charge is 0.346 e. The highest BCUT2D eigenvalue weighted by molar-refractivity contribution is 5.83. The fourth-order valence-electron chi connectivity index (χ4n) is 13.4. The zero-order chi connectivity index (χ0) is 88.4. The summed E-state index contributed by atoms with van der Waals surface area (Å²) < 4.78 is 0. The standard InChI is InChI=1S/C12H22O.C11H23NO.C11H20O.2C10H21NO.C10H18O.2C9H19NO.C9H16O.C8H14O/c1-10(2)12(13)9-11-7-5-3-4-6-8-11;1-5-7-8-9-12(6-2)11(13)10(3)4;1-9(2)11(12)8-10-6-4-3-5-7-10;1-5-6-7-8-11(4)10(12)9(2)3;1-5-7-8-11(6-2)10(12)9(3)4;1-8(2)10(11)7-9-5-3-4-6-9;1-5-6-7-10(4)9(11)8(2)3;1-5-7-10(6-2)9(11)8(3)4;1-7(2)9(10)6-8-4-3-5-8;1-6(2)8(9)5-7-3-4-7/h10-11H,3-9H2,1-2H3;10H,5-9H2,1-4H3;9-10H,3-8H2,1-2H3;2*9H,5-8H2,1-4H3;8-9H,3-7H2,1-2H3;2*8H,5-7H2,1-4H3;7-8H,3-6H2,1-2H3;6-7H,3-5H2,1-2H3. The molecular formula is C99H193N5O10. The number of unbranched alkanes of at least 4 members (excludes halogenated alkanes) is 6. The second-order valence-corrected chi connectivity index (χ2v) is 37.0. The highest BCUT2D eigenvalue weighted by atomic mass is 16.2. The van der Waals surface area contributed by atoms with E-state index in [4.69, 9.17) is 0 Å². The summed E-state index contributed by atoms with van der Waals surface area (Å²) in [5.41, 5.74) is 0. The molecule has 0 aromatic heterocycles. The molecule has 674 valence electrons. The van der Waals surface area contributed by atoms with Gasteiger partial charge >= 0.3 is 0 Å². The van der Waals surface area contributed by atoms with Crippen molar-refractivity contribution >= 4 is 58.5 Å². The Labute approximate surface area is 707 Å². The van der Waals surface area contributed by atoms with Crippen LogP contribution in [-0.4, -0.2) is 149 Å². The van der Waals surface area contributed by atoms with Gasteiger partial charge in [-0.15, -0.1) is 0 Å². The maximum Gasteiger partial charge on any atom is 0.225 e. The predicted molar refractivity (Wildman–Crippen MR) is 487 cm³/mol. The summed E-state index contributed by atoms with van der Waals surface area (Å²) >= 11 is 0. The van der Waals surface area contributed by atoms with Gasteiger partial charge in [-0.25, -0.2) is 0 Å². The summed E-state index contributed by atoms with van der Waals surface area (Å²) in [6, 6.07) is 0. The molecule has 114 heavy (non-hydrogen) atoms. The van der Waals surface area contributed by atoms with Gasteiger partial charge in [0, 0.05) is 158 Å². The normalized spacial score (nSPS) is 14.8. The van der Waals surface area contributed by atoms with Gasteiger partial charge in [0.2, 0.25) is 29.5 Å². The van der Waals surface area contributed by atoms with E-state index in [1.807, 2.05) is 198 Å². The average molecular weight is 1610 g/mol. The molecule has 0 aromatic rings. The van der Waals surface area contributed by atoms with Gasteiger partial charge in [-0.05, 0) is 95.3 Å². The third-order valence-corrected chi connectivity index (χ3v) is 22.3. The Balaban J connectivity index is -0.000000386. The topological polar surface area (TPSA) is 187 Å². The minimum Gasteiger partial charge on any atom is -0.346 e. The summed E-state index contributed by atoms with van der Waals surface area (Å²) in [7, 11) is 3.76. The Morgan fingerprint density at radius 2 is 0.421 bits per heavy atom. The summed E-state index contributed by atoms with van der Waals surface area (Å²) in [6.07, 6.45) is 43.4. The number of ketones is 5. The van der Waals surface area contributed by atoms with Gasteiger partial charge in [0.15, 0.2) is 0 Å². The van der Waals surface area contributed by atoms with Gasteiger partial charge in [-0.1, -0.05) is 327 Å². The Morgan fingerprint density at radius 3 is 0.632 bits per heavy atom. The quantitative estimate of drug-likeness (QED) is 0.0423. The molecule has 5 amide bonds. The van der Waals surface area contributed by atoms with E-state index in [0.717, 1.165) is 147 Å². The van der Waals surface area contributed by atoms with Crippen molar-refractivity contribution in [3.8, 4) is 0 Å². The highest BCUT2D eigenvalue weighted by Gasteiger charge is 2.27. The molecule has 0 aromatic carbocycles. The van der Waals surface area contributed by atoms with E-state index in [9.17, 15) is 47.9 Å². The fourth-order valence-corrected chi connectivity index (χ4v) is 13.4. The number of hydrogen-bond donors (Lipinski definition) is 0. The first-order chi connectivity index (χ1) is 53.6. The Bertz CT molecular complexity index is 2400. The third-order valence-electron chi connectivity index (χ3n) is 22.3. The second-order valence-electron chi connectivity index (χ2n) is 37.0. The van der Waals surface area contributed by atoms with Gasteiger partial charge < -0.3 is 24.5 Å². The maximum absolute atomic E-state index is 11.6. The molecule has 5 saturated carbocycles. The van der Waals surface area contributed by atoms with Gasteiger partial charge in [0.05, 0.1) is 0 Å². The number of hydrogen-bond acceptors (Lipinski definition) is 10. The highest BCUT2D eigenvalue weighted by Crippen LogP contribution is 2.34. The van der Waals surface area contributed by atoms with Crippen molar-refractivity contribution < 1.29 is 47.9 Å². The molecule has 0 N–H and O–H groups in total. The van der Waals surface area contributed by atoms with Crippen molar-refractivity contribution in [3.05, 3.63) is 0 Å². The number of nitrogens with zero attached hydrogens (tertiary/aromatic N) is 5. The summed E-state index contributed by atoms with van der Waals surface area (Å²) in [5.74, 6) is 9.21. The van der Waals surface area contributed by atoms with Gasteiger partial charge in [-0.3, -0.25) is 47.9 Å². The lowest BCUT2D eigenvalue weighted by Gasteiger charge is -2.24. The molecule has 0 saturated heterocycles. The van der Waals surface area contributed by atoms with Crippen molar-refractivity contribution in [2.75, 3.05) is 66.5 Å². The van der Waals surface area contributed by atoms with Crippen LogP contribution in [0.25, 0.3) is 0 Å². The molecule has 0 atom stereocenters. The van der Waals surface area contributed by atoms with Crippen LogP contribution in [0.5, 0.6) is 0 Å². The van der Waals surface area contributed by atoms with Crippen LogP contribution >= 0.6 is 0 Å². The molecule has 15 nitrogen and oxygen atoms in total. The zero-order valence-electron chi connectivity index (χ0n) is 81.1. The molecule has 0 heterocycles. The molecule has 5 rings (SSSR count). The maximum atomic E-state index is 11.6. The van der Waals surface area contributed by atoms with Crippen molar-refractivity contribution in [1.82, 2.24) is 24.5 Å². The fraction of sp³-hybridized carbons (Fsp3) is 0.899. The first kappa shape index (κ1) is 118. The van der Waals surface area contributed by atoms with E-state index in [1.54, 1.807) is 0 Å². The SMILES string of the molecule is CC(C)C(=O)CC1CC1.CC(C)C(=O)CC1CCC1.CC(C)C(=O)CC1CCCC1.CC(C)C(=O)CC1CCCCC1.CC(C)C(=O)CC1CCCCCC1.CCCCCN(C)C(=O)C(C)C.CCCCCN(CC)C(=O)C(C)C.CCCCN(C)C(=O)C(C)C.CCCCN(CC)C(=O)C(C)C.CCCN(CC)C(=O)C(C)C. The van der Waals surface area contributed by atoms with E-state index in [1.165, 1.54) is 154 Å². The molecule has 5 aliphatic rings. The van der Waals surface area contributed by atoms with Gasteiger partial charge in [0.25, 0.3) is 0 Å². The molecule has 0 radical (unpaired) electrons. The monoisotopic (exact) mass is 1610 g/mol. The molecule has 5 fully saturated rings. The Kier molecular flexibility index (Phi) is 77.7. The lowest BCUT2D eigenvalue weighted by Crippen LogP contribution is -2.34. The number of carbonyl (C=O) groups is 10. The Morgan fingerprint density at radius 1 is 0.219 bits per heavy atom. The lowest BCUT2D eigenvalue weighted by atomic mass is 9.80.